The lowest BCUT2D eigenvalue weighted by Gasteiger charge is -2.11. The van der Waals surface area contributed by atoms with E-state index >= 15 is 0 Å². The third kappa shape index (κ3) is 2.76. The number of anilines is 1. The van der Waals surface area contributed by atoms with Crippen molar-refractivity contribution in [1.82, 2.24) is 9.78 Å². The van der Waals surface area contributed by atoms with Gasteiger partial charge in [0.1, 0.15) is 5.75 Å². The minimum Gasteiger partial charge on any atom is -0.422 e. The third-order valence-electron chi connectivity index (χ3n) is 2.71. The van der Waals surface area contributed by atoms with Crippen molar-refractivity contribution in [3.63, 3.8) is 0 Å². The van der Waals surface area contributed by atoms with Crippen molar-refractivity contribution in [1.29, 1.82) is 0 Å². The predicted molar refractivity (Wildman–Crippen MR) is 73.2 cm³/mol. The highest BCUT2D eigenvalue weighted by atomic mass is 16.5. The van der Waals surface area contributed by atoms with Crippen molar-refractivity contribution in [2.45, 2.75) is 26.8 Å². The predicted octanol–water partition coefficient (Wildman–Crippen LogP) is 2.57. The van der Waals surface area contributed by atoms with E-state index in [4.69, 9.17) is 10.5 Å². The molecule has 0 radical (unpaired) electrons. The Labute approximate surface area is 112 Å². The number of nitrogens with zero attached hydrogens (tertiary/aromatic N) is 2. The molecule has 0 saturated heterocycles. The molecule has 0 saturated carbocycles. The molecule has 19 heavy (non-hydrogen) atoms. The van der Waals surface area contributed by atoms with Crippen LogP contribution in [0.15, 0.2) is 30.5 Å². The molecule has 2 N–H and O–H groups in total. The Kier molecular flexibility index (Phi) is 3.55. The maximum atomic E-state index is 12.2. The summed E-state index contributed by atoms with van der Waals surface area (Å²) in [6, 6.07) is 7.34. The number of carbonyl (C=O) groups is 1. The van der Waals surface area contributed by atoms with Crippen LogP contribution in [0.3, 0.4) is 0 Å². The summed E-state index contributed by atoms with van der Waals surface area (Å²) < 4.78 is 6.89. The molecule has 5 nitrogen and oxygen atoms in total. The zero-order chi connectivity index (χ0) is 14.0. The van der Waals surface area contributed by atoms with E-state index in [1.807, 2.05) is 32.9 Å². The summed E-state index contributed by atoms with van der Waals surface area (Å²) in [7, 11) is 0. The molecule has 0 unspecified atom stereocenters. The lowest BCUT2D eigenvalue weighted by Crippen LogP contribution is -2.18. The van der Waals surface area contributed by atoms with Crippen LogP contribution in [0.4, 0.5) is 5.69 Å². The molecule has 1 aromatic heterocycles. The van der Waals surface area contributed by atoms with Crippen LogP contribution in [-0.4, -0.2) is 15.7 Å². The Balaban J connectivity index is 2.28. The smallest absolute Gasteiger partial charge is 0.364 e. The van der Waals surface area contributed by atoms with Gasteiger partial charge in [0.15, 0.2) is 5.69 Å². The van der Waals surface area contributed by atoms with Gasteiger partial charge >= 0.3 is 5.97 Å². The first-order valence-corrected chi connectivity index (χ1v) is 6.11. The van der Waals surface area contributed by atoms with Crippen LogP contribution in [0.1, 0.15) is 35.9 Å². The molecule has 0 atom stereocenters. The van der Waals surface area contributed by atoms with Gasteiger partial charge in [-0.3, -0.25) is 4.68 Å². The summed E-state index contributed by atoms with van der Waals surface area (Å²) in [6.45, 7) is 5.79. The Morgan fingerprint density at radius 3 is 2.79 bits per heavy atom. The van der Waals surface area contributed by atoms with Gasteiger partial charge in [0.25, 0.3) is 0 Å². The van der Waals surface area contributed by atoms with Crippen molar-refractivity contribution in [3.8, 4) is 5.75 Å². The number of rotatable bonds is 3. The molecular weight excluding hydrogens is 242 g/mol. The number of nitrogens with two attached hydrogens (primary N) is 1. The monoisotopic (exact) mass is 259 g/mol. The molecular formula is C14H17N3O2. The lowest BCUT2D eigenvalue weighted by atomic mass is 10.2. The van der Waals surface area contributed by atoms with Crippen molar-refractivity contribution in [2.75, 3.05) is 5.73 Å². The molecule has 1 aromatic carbocycles. The van der Waals surface area contributed by atoms with Gasteiger partial charge in [-0.1, -0.05) is 12.1 Å². The standard InChI is InChI=1S/C14H17N3O2/c1-9(2)17-13(12(15)8-16-17)14(18)19-11-6-4-5-10(3)7-11/h4-9H,15H2,1-3H3. The SMILES string of the molecule is Cc1cccc(OC(=O)c2c(N)cnn2C(C)C)c1. The van der Waals surface area contributed by atoms with Crippen molar-refractivity contribution >= 4 is 11.7 Å². The average Bonchev–Trinajstić information content (AvgIpc) is 2.71. The fraction of sp³-hybridized carbons (Fsp3) is 0.286. The van der Waals surface area contributed by atoms with Crippen LogP contribution in [0.2, 0.25) is 0 Å². The maximum absolute atomic E-state index is 12.2. The third-order valence-corrected chi connectivity index (χ3v) is 2.71. The molecule has 0 spiro atoms. The second kappa shape index (κ2) is 5.14. The van der Waals surface area contributed by atoms with Gasteiger partial charge in [0.05, 0.1) is 11.9 Å². The molecule has 0 aliphatic heterocycles. The molecule has 0 bridgehead atoms. The number of aromatic nitrogens is 2. The molecule has 0 aliphatic rings. The number of hydrogen-bond acceptors (Lipinski definition) is 4. The molecule has 0 fully saturated rings. The normalized spacial score (nSPS) is 10.7. The van der Waals surface area contributed by atoms with Gasteiger partial charge in [-0.15, -0.1) is 0 Å². The molecule has 0 aliphatic carbocycles. The van der Waals surface area contributed by atoms with E-state index in [9.17, 15) is 4.79 Å². The zero-order valence-electron chi connectivity index (χ0n) is 11.3. The summed E-state index contributed by atoms with van der Waals surface area (Å²) in [4.78, 5) is 12.2. The molecule has 2 rings (SSSR count). The average molecular weight is 259 g/mol. The molecule has 2 aromatic rings. The van der Waals surface area contributed by atoms with E-state index in [1.165, 1.54) is 6.20 Å². The van der Waals surface area contributed by atoms with Crippen LogP contribution in [0, 0.1) is 6.92 Å². The Morgan fingerprint density at radius 2 is 2.16 bits per heavy atom. The van der Waals surface area contributed by atoms with Crippen molar-refractivity contribution < 1.29 is 9.53 Å². The van der Waals surface area contributed by atoms with Crippen molar-refractivity contribution in [2.24, 2.45) is 0 Å². The van der Waals surface area contributed by atoms with Crippen LogP contribution >= 0.6 is 0 Å². The first-order valence-electron chi connectivity index (χ1n) is 6.11. The van der Waals surface area contributed by atoms with Gasteiger partial charge in [-0.05, 0) is 38.5 Å². The number of nitrogen functional groups attached to an aromatic ring is 1. The number of ether oxygens (including phenoxy) is 1. The first kappa shape index (κ1) is 13.1. The van der Waals surface area contributed by atoms with E-state index in [-0.39, 0.29) is 11.7 Å². The van der Waals surface area contributed by atoms with E-state index in [1.54, 1.807) is 16.8 Å². The van der Waals surface area contributed by atoms with Crippen molar-refractivity contribution in [3.05, 3.63) is 41.7 Å². The highest BCUT2D eigenvalue weighted by molar-refractivity contribution is 5.94. The maximum Gasteiger partial charge on any atom is 0.364 e. The summed E-state index contributed by atoms with van der Waals surface area (Å²) in [5.74, 6) is 0.00945. The number of aryl methyl sites for hydroxylation is 1. The fourth-order valence-electron chi connectivity index (χ4n) is 1.81. The number of hydrogen-bond donors (Lipinski definition) is 1. The van der Waals surface area contributed by atoms with Gasteiger partial charge in [0, 0.05) is 6.04 Å². The molecule has 100 valence electrons. The molecule has 0 amide bonds. The largest absolute Gasteiger partial charge is 0.422 e. The number of esters is 1. The van der Waals surface area contributed by atoms with E-state index in [0.717, 1.165) is 5.56 Å². The van der Waals surface area contributed by atoms with Gasteiger partial charge in [-0.2, -0.15) is 5.10 Å². The van der Waals surface area contributed by atoms with Crippen LogP contribution in [0.25, 0.3) is 0 Å². The van der Waals surface area contributed by atoms with Gasteiger partial charge in [0.2, 0.25) is 0 Å². The number of carbonyl (C=O) groups excluding carboxylic acids is 1. The Morgan fingerprint density at radius 1 is 1.42 bits per heavy atom. The summed E-state index contributed by atoms with van der Waals surface area (Å²) >= 11 is 0. The number of benzene rings is 1. The Hall–Kier alpha value is -2.30. The second-order valence-corrected chi connectivity index (χ2v) is 4.69. The van der Waals surface area contributed by atoms with E-state index in [2.05, 4.69) is 5.10 Å². The van der Waals surface area contributed by atoms with Crippen LogP contribution < -0.4 is 10.5 Å². The minimum atomic E-state index is -0.491. The lowest BCUT2D eigenvalue weighted by molar-refractivity contribution is 0.0720. The second-order valence-electron chi connectivity index (χ2n) is 4.69. The highest BCUT2D eigenvalue weighted by Gasteiger charge is 2.20. The zero-order valence-corrected chi connectivity index (χ0v) is 11.3. The van der Waals surface area contributed by atoms with Crippen LogP contribution in [0.5, 0.6) is 5.75 Å². The van der Waals surface area contributed by atoms with E-state index in [0.29, 0.717) is 11.4 Å². The molecule has 1 heterocycles. The van der Waals surface area contributed by atoms with Gasteiger partial charge < -0.3 is 10.5 Å². The molecule has 5 heteroatoms. The fourth-order valence-corrected chi connectivity index (χ4v) is 1.81. The summed E-state index contributed by atoms with van der Waals surface area (Å²) in [5, 5.41) is 4.09. The van der Waals surface area contributed by atoms with Crippen LogP contribution in [-0.2, 0) is 0 Å². The quantitative estimate of drug-likeness (QED) is 0.679. The minimum absolute atomic E-state index is 0.0392. The first-order chi connectivity index (χ1) is 8.99. The summed E-state index contributed by atoms with van der Waals surface area (Å²) in [5.41, 5.74) is 7.42. The highest BCUT2D eigenvalue weighted by Crippen LogP contribution is 2.19. The Bertz CT molecular complexity index is 602. The van der Waals surface area contributed by atoms with E-state index < -0.39 is 5.97 Å². The topological polar surface area (TPSA) is 70.1 Å². The summed E-state index contributed by atoms with van der Waals surface area (Å²) in [6.07, 6.45) is 1.47. The van der Waals surface area contributed by atoms with Gasteiger partial charge in [-0.25, -0.2) is 4.79 Å².